The first-order valence-electron chi connectivity index (χ1n) is 6.08. The van der Waals surface area contributed by atoms with Crippen LogP contribution in [-0.4, -0.2) is 5.78 Å². The molecule has 0 spiro atoms. The van der Waals surface area contributed by atoms with Crippen molar-refractivity contribution in [2.24, 2.45) is 0 Å². The van der Waals surface area contributed by atoms with Crippen LogP contribution >= 0.6 is 38.9 Å². The van der Waals surface area contributed by atoms with Crippen molar-refractivity contribution >= 4 is 54.7 Å². The van der Waals surface area contributed by atoms with Gasteiger partial charge < -0.3 is 0 Å². The first-order chi connectivity index (χ1) is 9.65. The van der Waals surface area contributed by atoms with E-state index in [4.69, 9.17) is 11.6 Å². The summed E-state index contributed by atoms with van der Waals surface area (Å²) in [5.41, 5.74) is 1.64. The van der Waals surface area contributed by atoms with Crippen molar-refractivity contribution in [2.45, 2.75) is 6.42 Å². The van der Waals surface area contributed by atoms with Gasteiger partial charge in [0.05, 0.1) is 5.02 Å². The van der Waals surface area contributed by atoms with Gasteiger partial charge in [-0.15, -0.1) is 11.3 Å². The summed E-state index contributed by atoms with van der Waals surface area (Å²) in [5, 5.41) is 3.69. The Morgan fingerprint density at radius 2 is 2.00 bits per heavy atom. The van der Waals surface area contributed by atoms with Crippen molar-refractivity contribution in [2.75, 3.05) is 0 Å². The Kier molecular flexibility index (Phi) is 3.92. The van der Waals surface area contributed by atoms with Crippen LogP contribution in [0, 0.1) is 0 Å². The third kappa shape index (κ3) is 2.66. The van der Waals surface area contributed by atoms with Gasteiger partial charge in [-0.3, -0.25) is 4.79 Å². The molecule has 1 heterocycles. The zero-order valence-corrected chi connectivity index (χ0v) is 13.6. The second kappa shape index (κ2) is 5.68. The Morgan fingerprint density at radius 3 is 2.80 bits per heavy atom. The van der Waals surface area contributed by atoms with Crippen LogP contribution in [0.4, 0.5) is 0 Å². The van der Waals surface area contributed by atoms with Crippen molar-refractivity contribution < 1.29 is 4.79 Å². The molecule has 3 aromatic rings. The van der Waals surface area contributed by atoms with E-state index < -0.39 is 0 Å². The highest BCUT2D eigenvalue weighted by molar-refractivity contribution is 9.10. The van der Waals surface area contributed by atoms with Crippen molar-refractivity contribution in [3.63, 3.8) is 0 Å². The fourth-order valence-corrected chi connectivity index (χ4v) is 3.90. The summed E-state index contributed by atoms with van der Waals surface area (Å²) in [6.45, 7) is 0. The molecular formula is C16H10BrClOS. The minimum atomic E-state index is 0.0473. The maximum Gasteiger partial charge on any atom is 0.168 e. The van der Waals surface area contributed by atoms with Crippen molar-refractivity contribution in [1.29, 1.82) is 0 Å². The van der Waals surface area contributed by atoms with Gasteiger partial charge in [0.15, 0.2) is 5.78 Å². The average molecular weight is 366 g/mol. The fourth-order valence-electron chi connectivity index (χ4n) is 2.15. The van der Waals surface area contributed by atoms with E-state index in [1.807, 2.05) is 18.2 Å². The SMILES string of the molecule is O=C(Cc1csc2ccccc12)c1ccc(Br)cc1Cl. The number of hydrogen-bond donors (Lipinski definition) is 0. The van der Waals surface area contributed by atoms with Gasteiger partial charge >= 0.3 is 0 Å². The molecule has 0 unspecified atom stereocenters. The Hall–Kier alpha value is -1.16. The molecule has 0 saturated heterocycles. The molecule has 0 aliphatic heterocycles. The third-order valence-electron chi connectivity index (χ3n) is 3.14. The number of rotatable bonds is 3. The van der Waals surface area contributed by atoms with E-state index in [1.165, 1.54) is 4.70 Å². The van der Waals surface area contributed by atoms with E-state index in [0.29, 0.717) is 17.0 Å². The number of halogens is 2. The number of Topliss-reactive ketones (excluding diaryl/α,β-unsaturated/α-hetero) is 1. The molecule has 0 atom stereocenters. The van der Waals surface area contributed by atoms with E-state index in [2.05, 4.69) is 33.4 Å². The number of carbonyl (C=O) groups excluding carboxylic acids is 1. The van der Waals surface area contributed by atoms with Crippen LogP contribution in [0.25, 0.3) is 10.1 Å². The van der Waals surface area contributed by atoms with Gasteiger partial charge in [0.25, 0.3) is 0 Å². The number of benzene rings is 2. The summed E-state index contributed by atoms with van der Waals surface area (Å²) in [4.78, 5) is 12.4. The maximum atomic E-state index is 12.4. The van der Waals surface area contributed by atoms with E-state index in [9.17, 15) is 4.79 Å². The van der Waals surface area contributed by atoms with Crippen LogP contribution in [0.2, 0.25) is 5.02 Å². The predicted octanol–water partition coefficient (Wildman–Crippen LogP) is 5.74. The zero-order valence-electron chi connectivity index (χ0n) is 10.4. The van der Waals surface area contributed by atoms with Gasteiger partial charge in [-0.05, 0) is 40.6 Å². The molecule has 100 valence electrons. The van der Waals surface area contributed by atoms with Crippen molar-refractivity contribution in [3.05, 3.63) is 68.5 Å². The van der Waals surface area contributed by atoms with E-state index in [-0.39, 0.29) is 5.78 Å². The lowest BCUT2D eigenvalue weighted by Crippen LogP contribution is -2.03. The number of fused-ring (bicyclic) bond motifs is 1. The molecule has 0 bridgehead atoms. The number of ketones is 1. The predicted molar refractivity (Wildman–Crippen MR) is 89.0 cm³/mol. The van der Waals surface area contributed by atoms with Gasteiger partial charge in [-0.2, -0.15) is 0 Å². The lowest BCUT2D eigenvalue weighted by Gasteiger charge is -2.04. The summed E-state index contributed by atoms with van der Waals surface area (Å²) < 4.78 is 2.08. The molecular weight excluding hydrogens is 356 g/mol. The zero-order chi connectivity index (χ0) is 14.1. The van der Waals surface area contributed by atoms with Gasteiger partial charge in [-0.25, -0.2) is 0 Å². The first-order valence-corrected chi connectivity index (χ1v) is 8.13. The minimum absolute atomic E-state index is 0.0473. The number of thiophene rings is 1. The Bertz CT molecular complexity index is 794. The molecule has 0 aliphatic carbocycles. The quantitative estimate of drug-likeness (QED) is 0.541. The van der Waals surface area contributed by atoms with Gasteiger partial charge in [-0.1, -0.05) is 45.7 Å². The van der Waals surface area contributed by atoms with Crippen LogP contribution in [0.1, 0.15) is 15.9 Å². The van der Waals surface area contributed by atoms with E-state index >= 15 is 0 Å². The molecule has 0 fully saturated rings. The maximum absolute atomic E-state index is 12.4. The molecule has 0 radical (unpaired) electrons. The standard InChI is InChI=1S/C16H10BrClOS/c17-11-5-6-13(14(18)8-11)15(19)7-10-9-20-16-4-2-1-3-12(10)16/h1-6,8-9H,7H2. The largest absolute Gasteiger partial charge is 0.294 e. The number of hydrogen-bond acceptors (Lipinski definition) is 2. The normalized spacial score (nSPS) is 10.9. The second-order valence-corrected chi connectivity index (χ2v) is 6.72. The molecule has 1 nitrogen and oxygen atoms in total. The van der Waals surface area contributed by atoms with Gasteiger partial charge in [0.2, 0.25) is 0 Å². The van der Waals surface area contributed by atoms with Gasteiger partial charge in [0, 0.05) is 21.2 Å². The molecule has 0 amide bonds. The van der Waals surface area contributed by atoms with Crippen LogP contribution in [0.3, 0.4) is 0 Å². The van der Waals surface area contributed by atoms with Gasteiger partial charge in [0.1, 0.15) is 0 Å². The van der Waals surface area contributed by atoms with Crippen molar-refractivity contribution in [1.82, 2.24) is 0 Å². The smallest absolute Gasteiger partial charge is 0.168 e. The highest BCUT2D eigenvalue weighted by atomic mass is 79.9. The van der Waals surface area contributed by atoms with Crippen LogP contribution in [0.5, 0.6) is 0 Å². The second-order valence-electron chi connectivity index (χ2n) is 4.48. The number of carbonyl (C=O) groups is 1. The Morgan fingerprint density at radius 1 is 1.20 bits per heavy atom. The van der Waals surface area contributed by atoms with Crippen LogP contribution < -0.4 is 0 Å². The fraction of sp³-hybridized carbons (Fsp3) is 0.0625. The lowest BCUT2D eigenvalue weighted by molar-refractivity contribution is 0.0993. The topological polar surface area (TPSA) is 17.1 Å². The monoisotopic (exact) mass is 364 g/mol. The summed E-state index contributed by atoms with van der Waals surface area (Å²) >= 11 is 11.1. The van der Waals surface area contributed by atoms with Crippen LogP contribution in [0.15, 0.2) is 52.3 Å². The molecule has 3 rings (SSSR count). The highest BCUT2D eigenvalue weighted by Crippen LogP contribution is 2.28. The summed E-state index contributed by atoms with van der Waals surface area (Å²) in [6.07, 6.45) is 0.380. The summed E-state index contributed by atoms with van der Waals surface area (Å²) in [6, 6.07) is 13.5. The molecule has 0 N–H and O–H groups in total. The average Bonchev–Trinajstić information content (AvgIpc) is 2.82. The molecule has 0 aliphatic rings. The third-order valence-corrected chi connectivity index (χ3v) is 4.96. The molecule has 4 heteroatoms. The van der Waals surface area contributed by atoms with E-state index in [1.54, 1.807) is 23.5 Å². The highest BCUT2D eigenvalue weighted by Gasteiger charge is 2.13. The van der Waals surface area contributed by atoms with Crippen LogP contribution in [-0.2, 0) is 6.42 Å². The Balaban J connectivity index is 1.92. The summed E-state index contributed by atoms with van der Waals surface area (Å²) in [5.74, 6) is 0.0473. The first kappa shape index (κ1) is 13.8. The minimum Gasteiger partial charge on any atom is -0.294 e. The molecule has 20 heavy (non-hydrogen) atoms. The van der Waals surface area contributed by atoms with E-state index in [0.717, 1.165) is 15.4 Å². The molecule has 0 saturated carbocycles. The van der Waals surface area contributed by atoms with Crippen molar-refractivity contribution in [3.8, 4) is 0 Å². The molecule has 2 aromatic carbocycles. The summed E-state index contributed by atoms with van der Waals surface area (Å²) in [7, 11) is 0. The Labute approximate surface area is 134 Å². The lowest BCUT2D eigenvalue weighted by atomic mass is 10.0. The molecule has 1 aromatic heterocycles.